The van der Waals surface area contributed by atoms with E-state index in [1.165, 1.54) is 0 Å². The number of halogens is 1. The molecular weight excluding hydrogens is 368 g/mol. The van der Waals surface area contributed by atoms with Gasteiger partial charge in [0.05, 0.1) is 12.1 Å². The quantitative estimate of drug-likeness (QED) is 0.662. The lowest BCUT2D eigenvalue weighted by molar-refractivity contribution is -0.120. The summed E-state index contributed by atoms with van der Waals surface area (Å²) in [7, 11) is 0. The van der Waals surface area contributed by atoms with E-state index >= 15 is 0 Å². The summed E-state index contributed by atoms with van der Waals surface area (Å²) in [6.45, 7) is 2.61. The minimum absolute atomic E-state index is 0.0496. The second-order valence-electron chi connectivity index (χ2n) is 5.81. The maximum atomic E-state index is 11.9. The molecule has 6 heteroatoms. The Balaban J connectivity index is 1.43. The molecule has 3 aromatic rings. The fourth-order valence-electron chi connectivity index (χ4n) is 2.53. The zero-order valence-electron chi connectivity index (χ0n) is 13.5. The highest BCUT2D eigenvalue weighted by Gasteiger charge is 2.04. The number of rotatable bonds is 6. The van der Waals surface area contributed by atoms with E-state index in [0.717, 1.165) is 39.8 Å². The van der Waals surface area contributed by atoms with Crippen molar-refractivity contribution in [3.05, 3.63) is 64.0 Å². The standard InChI is InChI=1S/C18H19BrN4O/c1-13-9-17-21-11-15(12-23(17)22-13)3-2-8-20-18(24)10-14-4-6-16(19)7-5-14/h4-7,9,11-12H,2-3,8,10H2,1H3,(H,20,24). The van der Waals surface area contributed by atoms with Crippen molar-refractivity contribution in [3.63, 3.8) is 0 Å². The van der Waals surface area contributed by atoms with Crippen LogP contribution >= 0.6 is 15.9 Å². The average molecular weight is 387 g/mol. The molecule has 0 bridgehead atoms. The second-order valence-corrected chi connectivity index (χ2v) is 6.72. The van der Waals surface area contributed by atoms with Crippen LogP contribution in [-0.2, 0) is 17.6 Å². The highest BCUT2D eigenvalue weighted by atomic mass is 79.9. The van der Waals surface area contributed by atoms with E-state index in [9.17, 15) is 4.79 Å². The number of nitrogens with one attached hydrogen (secondary N) is 1. The summed E-state index contributed by atoms with van der Waals surface area (Å²) >= 11 is 3.39. The van der Waals surface area contributed by atoms with E-state index in [0.29, 0.717) is 13.0 Å². The first kappa shape index (κ1) is 16.6. The van der Waals surface area contributed by atoms with Gasteiger partial charge in [0.2, 0.25) is 5.91 Å². The van der Waals surface area contributed by atoms with Crippen molar-refractivity contribution in [2.45, 2.75) is 26.2 Å². The van der Waals surface area contributed by atoms with Crippen molar-refractivity contribution in [2.24, 2.45) is 0 Å². The Hall–Kier alpha value is -2.21. The summed E-state index contributed by atoms with van der Waals surface area (Å²) < 4.78 is 2.82. The van der Waals surface area contributed by atoms with Crippen LogP contribution in [0.25, 0.3) is 5.65 Å². The minimum Gasteiger partial charge on any atom is -0.356 e. The van der Waals surface area contributed by atoms with Crippen LogP contribution in [0.3, 0.4) is 0 Å². The zero-order valence-corrected chi connectivity index (χ0v) is 15.1. The number of benzene rings is 1. The van der Waals surface area contributed by atoms with Gasteiger partial charge in [-0.1, -0.05) is 28.1 Å². The Morgan fingerprint density at radius 3 is 2.83 bits per heavy atom. The van der Waals surface area contributed by atoms with Gasteiger partial charge in [0, 0.05) is 29.5 Å². The SMILES string of the molecule is Cc1cc2ncc(CCCNC(=O)Cc3ccc(Br)cc3)cn2n1. The Bertz CT molecular complexity index is 842. The average Bonchev–Trinajstić information content (AvgIpc) is 2.93. The Labute approximate surface area is 149 Å². The van der Waals surface area contributed by atoms with Crippen molar-refractivity contribution in [3.8, 4) is 0 Å². The third kappa shape index (κ3) is 4.41. The van der Waals surface area contributed by atoms with Gasteiger partial charge in [-0.15, -0.1) is 0 Å². The Kier molecular flexibility index (Phi) is 5.25. The van der Waals surface area contributed by atoms with Gasteiger partial charge in [-0.25, -0.2) is 9.50 Å². The van der Waals surface area contributed by atoms with Gasteiger partial charge in [-0.2, -0.15) is 5.10 Å². The van der Waals surface area contributed by atoms with Crippen LogP contribution in [0.5, 0.6) is 0 Å². The Morgan fingerprint density at radius 2 is 2.04 bits per heavy atom. The van der Waals surface area contributed by atoms with Gasteiger partial charge in [0.1, 0.15) is 0 Å². The number of amides is 1. The van der Waals surface area contributed by atoms with Crippen LogP contribution in [0, 0.1) is 6.92 Å². The van der Waals surface area contributed by atoms with Gasteiger partial charge >= 0.3 is 0 Å². The lowest BCUT2D eigenvalue weighted by Gasteiger charge is -2.06. The molecule has 24 heavy (non-hydrogen) atoms. The molecule has 1 aromatic carbocycles. The highest BCUT2D eigenvalue weighted by molar-refractivity contribution is 9.10. The van der Waals surface area contributed by atoms with Gasteiger partial charge in [0.25, 0.3) is 0 Å². The minimum atomic E-state index is 0.0496. The molecule has 0 aliphatic rings. The molecule has 0 spiro atoms. The molecule has 5 nitrogen and oxygen atoms in total. The van der Waals surface area contributed by atoms with E-state index in [-0.39, 0.29) is 5.91 Å². The maximum absolute atomic E-state index is 11.9. The van der Waals surface area contributed by atoms with Crippen LogP contribution < -0.4 is 5.32 Å². The molecule has 0 saturated carbocycles. The summed E-state index contributed by atoms with van der Waals surface area (Å²) in [5.41, 5.74) is 3.95. The van der Waals surface area contributed by atoms with Gasteiger partial charge in [0.15, 0.2) is 5.65 Å². The van der Waals surface area contributed by atoms with E-state index in [1.54, 1.807) is 4.52 Å². The number of hydrogen-bond donors (Lipinski definition) is 1. The third-order valence-corrected chi connectivity index (χ3v) is 4.26. The highest BCUT2D eigenvalue weighted by Crippen LogP contribution is 2.11. The summed E-state index contributed by atoms with van der Waals surface area (Å²) in [5.74, 6) is 0.0496. The maximum Gasteiger partial charge on any atom is 0.224 e. The fourth-order valence-corrected chi connectivity index (χ4v) is 2.80. The zero-order chi connectivity index (χ0) is 16.9. The normalized spacial score (nSPS) is 10.9. The molecule has 0 unspecified atom stereocenters. The first-order valence-electron chi connectivity index (χ1n) is 7.92. The number of carbonyl (C=O) groups is 1. The van der Waals surface area contributed by atoms with E-state index in [4.69, 9.17) is 0 Å². The summed E-state index contributed by atoms with van der Waals surface area (Å²) in [4.78, 5) is 16.3. The molecule has 3 rings (SSSR count). The summed E-state index contributed by atoms with van der Waals surface area (Å²) in [5, 5.41) is 7.33. The lowest BCUT2D eigenvalue weighted by Crippen LogP contribution is -2.26. The van der Waals surface area contributed by atoms with E-state index < -0.39 is 0 Å². The smallest absolute Gasteiger partial charge is 0.224 e. The predicted molar refractivity (Wildman–Crippen MR) is 96.9 cm³/mol. The summed E-state index contributed by atoms with van der Waals surface area (Å²) in [6, 6.07) is 9.75. The van der Waals surface area contributed by atoms with Crippen LogP contribution in [0.1, 0.15) is 23.2 Å². The molecular formula is C18H19BrN4O. The Morgan fingerprint density at radius 1 is 1.25 bits per heavy atom. The molecule has 1 amide bonds. The van der Waals surface area contributed by atoms with Crippen LogP contribution in [0.2, 0.25) is 0 Å². The molecule has 124 valence electrons. The number of aromatic nitrogens is 3. The predicted octanol–water partition coefficient (Wildman–Crippen LogP) is 3.09. The van der Waals surface area contributed by atoms with Gasteiger partial charge < -0.3 is 5.32 Å². The lowest BCUT2D eigenvalue weighted by atomic mass is 10.1. The molecule has 0 aliphatic carbocycles. The first-order chi connectivity index (χ1) is 11.6. The third-order valence-electron chi connectivity index (χ3n) is 3.73. The first-order valence-corrected chi connectivity index (χ1v) is 8.71. The van der Waals surface area contributed by atoms with E-state index in [1.807, 2.05) is 49.6 Å². The number of fused-ring (bicyclic) bond motifs is 1. The molecule has 0 fully saturated rings. The fraction of sp³-hybridized carbons (Fsp3) is 0.278. The van der Waals surface area contributed by atoms with Crippen molar-refractivity contribution < 1.29 is 4.79 Å². The van der Waals surface area contributed by atoms with Crippen molar-refractivity contribution in [1.29, 1.82) is 0 Å². The second kappa shape index (κ2) is 7.57. The van der Waals surface area contributed by atoms with Crippen molar-refractivity contribution >= 4 is 27.5 Å². The van der Waals surface area contributed by atoms with Gasteiger partial charge in [-0.05, 0) is 43.0 Å². The van der Waals surface area contributed by atoms with E-state index in [2.05, 4.69) is 31.3 Å². The monoisotopic (exact) mass is 386 g/mol. The molecule has 0 atom stereocenters. The number of hydrogen-bond acceptors (Lipinski definition) is 3. The molecule has 0 aliphatic heterocycles. The summed E-state index contributed by atoms with van der Waals surface area (Å²) in [6.07, 6.45) is 6.02. The van der Waals surface area contributed by atoms with Crippen LogP contribution in [-0.4, -0.2) is 27.0 Å². The van der Waals surface area contributed by atoms with Crippen molar-refractivity contribution in [2.75, 3.05) is 6.54 Å². The molecule has 2 aromatic heterocycles. The number of nitrogens with zero attached hydrogens (tertiary/aromatic N) is 3. The number of aryl methyl sites for hydroxylation is 2. The molecule has 1 N–H and O–H groups in total. The largest absolute Gasteiger partial charge is 0.356 e. The molecule has 2 heterocycles. The van der Waals surface area contributed by atoms with Crippen molar-refractivity contribution in [1.82, 2.24) is 19.9 Å². The molecule has 0 saturated heterocycles. The van der Waals surface area contributed by atoms with Gasteiger partial charge in [-0.3, -0.25) is 4.79 Å². The van der Waals surface area contributed by atoms with Crippen LogP contribution in [0.15, 0.2) is 47.2 Å². The number of carbonyl (C=O) groups excluding carboxylic acids is 1. The van der Waals surface area contributed by atoms with Crippen LogP contribution in [0.4, 0.5) is 0 Å². The topological polar surface area (TPSA) is 59.3 Å². The molecule has 0 radical (unpaired) electrons.